The summed E-state index contributed by atoms with van der Waals surface area (Å²) >= 11 is 0. The molecule has 0 amide bonds. The Hall–Kier alpha value is -0.860. The van der Waals surface area contributed by atoms with Gasteiger partial charge in [0.1, 0.15) is 0 Å². The smallest absolute Gasteiger partial charge is 0.0499 e. The average Bonchev–Trinajstić information content (AvgIpc) is 2.21. The van der Waals surface area contributed by atoms with Crippen molar-refractivity contribution < 1.29 is 10.2 Å². The maximum atomic E-state index is 9.12. The average molecular weight is 180 g/mol. The second-order valence-electron chi connectivity index (χ2n) is 3.16. The van der Waals surface area contributed by atoms with Crippen LogP contribution in [0.1, 0.15) is 24.3 Å². The zero-order valence-corrected chi connectivity index (χ0v) is 7.69. The number of aliphatic hydroxyl groups is 2. The van der Waals surface area contributed by atoms with Gasteiger partial charge in [0.15, 0.2) is 0 Å². The van der Waals surface area contributed by atoms with Crippen molar-refractivity contribution >= 4 is 0 Å². The summed E-state index contributed by atoms with van der Waals surface area (Å²) in [6.07, 6.45) is 1.59. The fraction of sp³-hybridized carbons (Fsp3) is 0.455. The zero-order valence-electron chi connectivity index (χ0n) is 7.69. The summed E-state index contributed by atoms with van der Waals surface area (Å²) in [7, 11) is 0. The lowest BCUT2D eigenvalue weighted by molar-refractivity contribution is 0.237. The van der Waals surface area contributed by atoms with E-state index >= 15 is 0 Å². The first-order valence-corrected chi connectivity index (χ1v) is 4.65. The van der Waals surface area contributed by atoms with Crippen LogP contribution in [0.15, 0.2) is 30.3 Å². The van der Waals surface area contributed by atoms with E-state index in [1.54, 1.807) is 0 Å². The monoisotopic (exact) mass is 180 g/mol. The fourth-order valence-corrected chi connectivity index (χ4v) is 1.43. The highest BCUT2D eigenvalue weighted by Gasteiger charge is 2.08. The second-order valence-corrected chi connectivity index (χ2v) is 3.16. The maximum absolute atomic E-state index is 9.12. The summed E-state index contributed by atoms with van der Waals surface area (Å²) < 4.78 is 0. The molecule has 0 unspecified atom stereocenters. The predicted molar refractivity (Wildman–Crippen MR) is 52.6 cm³/mol. The lowest BCUT2D eigenvalue weighted by Crippen LogP contribution is -2.04. The lowest BCUT2D eigenvalue weighted by atomic mass is 9.95. The number of hydrogen-bond donors (Lipinski definition) is 2. The molecule has 0 aromatic heterocycles. The highest BCUT2D eigenvalue weighted by molar-refractivity contribution is 5.19. The van der Waals surface area contributed by atoms with E-state index in [2.05, 4.69) is 0 Å². The second kappa shape index (κ2) is 5.73. The van der Waals surface area contributed by atoms with Crippen molar-refractivity contribution in [2.75, 3.05) is 13.2 Å². The summed E-state index contributed by atoms with van der Waals surface area (Å²) in [5.41, 5.74) is 1.15. The number of hydrogen-bond acceptors (Lipinski definition) is 2. The van der Waals surface area contributed by atoms with Crippen LogP contribution in [0.2, 0.25) is 0 Å². The van der Waals surface area contributed by atoms with E-state index < -0.39 is 0 Å². The molecule has 2 heteroatoms. The van der Waals surface area contributed by atoms with Crippen LogP contribution >= 0.6 is 0 Å². The maximum Gasteiger partial charge on any atom is 0.0499 e. The molecule has 0 saturated heterocycles. The van der Waals surface area contributed by atoms with Crippen LogP contribution in [0.4, 0.5) is 0 Å². The van der Waals surface area contributed by atoms with Crippen LogP contribution in [-0.2, 0) is 0 Å². The highest BCUT2D eigenvalue weighted by atomic mass is 16.3. The van der Waals surface area contributed by atoms with Crippen molar-refractivity contribution in [3.63, 3.8) is 0 Å². The van der Waals surface area contributed by atoms with Gasteiger partial charge in [-0.3, -0.25) is 0 Å². The molecular formula is C11H16O2. The summed E-state index contributed by atoms with van der Waals surface area (Å²) in [6, 6.07) is 9.92. The van der Waals surface area contributed by atoms with Gasteiger partial charge in [-0.15, -0.1) is 0 Å². The molecule has 0 heterocycles. The van der Waals surface area contributed by atoms with Crippen LogP contribution in [0.5, 0.6) is 0 Å². The van der Waals surface area contributed by atoms with Gasteiger partial charge in [0, 0.05) is 19.1 Å². The van der Waals surface area contributed by atoms with E-state index in [0.717, 1.165) is 18.4 Å². The quantitative estimate of drug-likeness (QED) is 0.721. The summed E-state index contributed by atoms with van der Waals surface area (Å²) in [6.45, 7) is 0.355. The van der Waals surface area contributed by atoms with Crippen LogP contribution in [-0.4, -0.2) is 23.4 Å². The molecule has 13 heavy (non-hydrogen) atoms. The Morgan fingerprint density at radius 3 is 2.31 bits per heavy atom. The molecule has 0 radical (unpaired) electrons. The first-order valence-electron chi connectivity index (χ1n) is 4.65. The van der Waals surface area contributed by atoms with Gasteiger partial charge in [-0.25, -0.2) is 0 Å². The van der Waals surface area contributed by atoms with Crippen molar-refractivity contribution in [1.29, 1.82) is 0 Å². The van der Waals surface area contributed by atoms with E-state index in [1.807, 2.05) is 30.3 Å². The minimum absolute atomic E-state index is 0.157. The van der Waals surface area contributed by atoms with Gasteiger partial charge in [-0.1, -0.05) is 30.3 Å². The molecule has 0 fully saturated rings. The minimum atomic E-state index is 0.157. The van der Waals surface area contributed by atoms with Crippen LogP contribution in [0.25, 0.3) is 0 Å². The van der Waals surface area contributed by atoms with Gasteiger partial charge in [0.2, 0.25) is 0 Å². The summed E-state index contributed by atoms with van der Waals surface area (Å²) in [5, 5.41) is 17.8. The van der Waals surface area contributed by atoms with Crippen LogP contribution in [0, 0.1) is 0 Å². The number of aliphatic hydroxyl groups excluding tert-OH is 2. The van der Waals surface area contributed by atoms with Crippen molar-refractivity contribution in [2.45, 2.75) is 18.8 Å². The fourth-order valence-electron chi connectivity index (χ4n) is 1.43. The first-order chi connectivity index (χ1) is 6.38. The Kier molecular flexibility index (Phi) is 4.50. The zero-order chi connectivity index (χ0) is 9.52. The topological polar surface area (TPSA) is 40.5 Å². The van der Waals surface area contributed by atoms with Crippen molar-refractivity contribution in [2.24, 2.45) is 0 Å². The van der Waals surface area contributed by atoms with E-state index in [4.69, 9.17) is 10.2 Å². The number of rotatable bonds is 5. The van der Waals surface area contributed by atoms with Gasteiger partial charge >= 0.3 is 0 Å². The summed E-state index contributed by atoms with van der Waals surface area (Å²) in [5.74, 6) is 0.174. The molecule has 1 rings (SSSR count). The van der Waals surface area contributed by atoms with Gasteiger partial charge in [0.05, 0.1) is 0 Å². The molecule has 2 nitrogen and oxygen atoms in total. The molecule has 1 atom stereocenters. The molecule has 0 bridgehead atoms. The van der Waals surface area contributed by atoms with Gasteiger partial charge in [0.25, 0.3) is 0 Å². The molecular weight excluding hydrogens is 164 g/mol. The SMILES string of the molecule is OCCC[C@@H](CO)c1ccccc1. The molecule has 0 aliphatic heterocycles. The Morgan fingerprint density at radius 2 is 1.77 bits per heavy atom. The molecule has 1 aromatic rings. The predicted octanol–water partition coefficient (Wildman–Crippen LogP) is 1.53. The Morgan fingerprint density at radius 1 is 1.08 bits per heavy atom. The van der Waals surface area contributed by atoms with Crippen molar-refractivity contribution in [3.8, 4) is 0 Å². The Bertz CT molecular complexity index is 221. The molecule has 2 N–H and O–H groups in total. The van der Waals surface area contributed by atoms with Gasteiger partial charge < -0.3 is 10.2 Å². The standard InChI is InChI=1S/C11H16O2/c12-8-4-7-11(9-13)10-5-2-1-3-6-10/h1-3,5-6,11-13H,4,7-9H2/t11-/m0/s1. The molecule has 72 valence electrons. The van der Waals surface area contributed by atoms with E-state index in [-0.39, 0.29) is 19.1 Å². The van der Waals surface area contributed by atoms with E-state index in [1.165, 1.54) is 0 Å². The lowest BCUT2D eigenvalue weighted by Gasteiger charge is -2.13. The van der Waals surface area contributed by atoms with Crippen molar-refractivity contribution in [1.82, 2.24) is 0 Å². The number of benzene rings is 1. The molecule has 0 spiro atoms. The van der Waals surface area contributed by atoms with Crippen molar-refractivity contribution in [3.05, 3.63) is 35.9 Å². The molecule has 0 saturated carbocycles. The third kappa shape index (κ3) is 3.17. The Balaban J connectivity index is 2.56. The third-order valence-electron chi connectivity index (χ3n) is 2.20. The normalized spacial score (nSPS) is 12.8. The van der Waals surface area contributed by atoms with E-state index in [9.17, 15) is 0 Å². The van der Waals surface area contributed by atoms with E-state index in [0.29, 0.717) is 0 Å². The third-order valence-corrected chi connectivity index (χ3v) is 2.20. The van der Waals surface area contributed by atoms with Gasteiger partial charge in [-0.2, -0.15) is 0 Å². The van der Waals surface area contributed by atoms with Crippen LogP contribution in [0.3, 0.4) is 0 Å². The first kappa shape index (κ1) is 10.2. The Labute approximate surface area is 78.8 Å². The molecule has 1 aromatic carbocycles. The molecule has 0 aliphatic rings. The highest BCUT2D eigenvalue weighted by Crippen LogP contribution is 2.19. The summed E-state index contributed by atoms with van der Waals surface area (Å²) in [4.78, 5) is 0. The molecule has 0 aliphatic carbocycles. The van der Waals surface area contributed by atoms with Crippen LogP contribution < -0.4 is 0 Å². The minimum Gasteiger partial charge on any atom is -0.396 e. The van der Waals surface area contributed by atoms with Gasteiger partial charge in [-0.05, 0) is 18.4 Å². The largest absolute Gasteiger partial charge is 0.396 e.